The molecule has 1 aromatic heterocycles. The van der Waals surface area contributed by atoms with E-state index in [1.54, 1.807) is 5.38 Å². The first-order valence-corrected chi connectivity index (χ1v) is 11.4. The maximum Gasteiger partial charge on any atom is 0.276 e. The summed E-state index contributed by atoms with van der Waals surface area (Å²) in [7, 11) is 1.31. The summed E-state index contributed by atoms with van der Waals surface area (Å²) in [5.41, 5.74) is 7.00. The molecule has 3 atom stereocenters. The van der Waals surface area contributed by atoms with Gasteiger partial charge in [0.15, 0.2) is 10.8 Å². The number of β-lactam (4-membered cyclic amide) rings is 1. The first-order valence-electron chi connectivity index (χ1n) is 9.04. The number of thiol groups is 1. The minimum atomic E-state index is -0.801. The van der Waals surface area contributed by atoms with E-state index in [1.807, 2.05) is 0 Å². The van der Waals surface area contributed by atoms with Gasteiger partial charge in [-0.25, -0.2) is 4.98 Å². The summed E-state index contributed by atoms with van der Waals surface area (Å²) in [5, 5.41) is 7.40. The molecule has 2 fully saturated rings. The topological polar surface area (TPSA) is 136 Å². The van der Waals surface area contributed by atoms with Crippen LogP contribution >= 0.6 is 35.7 Å². The van der Waals surface area contributed by atoms with Gasteiger partial charge in [-0.3, -0.25) is 19.3 Å². The van der Waals surface area contributed by atoms with Gasteiger partial charge in [-0.2, -0.15) is 0 Å². The molecule has 10 nitrogen and oxygen atoms in total. The highest BCUT2D eigenvalue weighted by Crippen LogP contribution is 2.44. The second-order valence-corrected chi connectivity index (χ2v) is 9.19. The monoisotopic (exact) mass is 469 g/mol. The Bertz CT molecular complexity index is 955. The highest BCUT2D eigenvalue weighted by atomic mass is 32.2. The van der Waals surface area contributed by atoms with Crippen LogP contribution in [0.3, 0.4) is 0 Å². The van der Waals surface area contributed by atoms with Crippen LogP contribution in [0.15, 0.2) is 21.8 Å². The number of nitrogens with one attached hydrogen (secondary N) is 1. The Morgan fingerprint density at radius 1 is 1.50 bits per heavy atom. The number of thioether (sulfide) groups is 1. The Morgan fingerprint density at radius 2 is 2.30 bits per heavy atom. The summed E-state index contributed by atoms with van der Waals surface area (Å²) in [4.78, 5) is 48.1. The molecule has 0 spiro atoms. The molecule has 2 amide bonds. The van der Waals surface area contributed by atoms with Crippen molar-refractivity contribution in [3.05, 3.63) is 22.3 Å². The molecule has 0 aromatic carbocycles. The van der Waals surface area contributed by atoms with Crippen LogP contribution in [0.25, 0.3) is 0 Å². The van der Waals surface area contributed by atoms with Crippen LogP contribution in [-0.2, 0) is 24.0 Å². The van der Waals surface area contributed by atoms with Gasteiger partial charge in [0.05, 0.1) is 12.3 Å². The van der Waals surface area contributed by atoms with Crippen molar-refractivity contribution in [1.29, 1.82) is 0 Å². The number of aromatic nitrogens is 1. The predicted octanol–water partition coefficient (Wildman–Crippen LogP) is 0.223. The molecule has 4 rings (SSSR count). The summed E-state index contributed by atoms with van der Waals surface area (Å²) >= 11 is 6.65. The second-order valence-electron chi connectivity index (χ2n) is 6.79. The normalized spacial score (nSPS) is 26.3. The highest BCUT2D eigenvalue weighted by Gasteiger charge is 2.54. The summed E-state index contributed by atoms with van der Waals surface area (Å²) in [5.74, 6) is -0.318. The molecule has 160 valence electrons. The van der Waals surface area contributed by atoms with Gasteiger partial charge in [0.2, 0.25) is 5.12 Å². The molecular weight excluding hydrogens is 450 g/mol. The lowest BCUT2D eigenvalue weighted by Crippen LogP contribution is -2.71. The second kappa shape index (κ2) is 8.57. The van der Waals surface area contributed by atoms with Crippen molar-refractivity contribution in [3.8, 4) is 0 Å². The molecule has 0 bridgehead atoms. The number of carbonyl (C=O) groups is 3. The van der Waals surface area contributed by atoms with E-state index in [2.05, 4.69) is 28.1 Å². The van der Waals surface area contributed by atoms with Crippen molar-refractivity contribution in [2.45, 2.75) is 17.8 Å². The zero-order valence-electron chi connectivity index (χ0n) is 15.9. The molecule has 0 aliphatic carbocycles. The van der Waals surface area contributed by atoms with E-state index in [4.69, 9.17) is 15.3 Å². The number of hydrogen-bond acceptors (Lipinski definition) is 10. The van der Waals surface area contributed by atoms with Crippen LogP contribution in [0.1, 0.15) is 12.1 Å². The Morgan fingerprint density at radius 3 is 2.90 bits per heavy atom. The first kappa shape index (κ1) is 21.2. The average Bonchev–Trinajstić information content (AvgIpc) is 3.40. The molecule has 3 aliphatic rings. The maximum absolute atomic E-state index is 12.9. The zero-order valence-corrected chi connectivity index (χ0v) is 18.4. The van der Waals surface area contributed by atoms with Crippen molar-refractivity contribution in [2.24, 2.45) is 11.1 Å². The van der Waals surface area contributed by atoms with Gasteiger partial charge in [-0.1, -0.05) is 17.8 Å². The summed E-state index contributed by atoms with van der Waals surface area (Å²) < 4.78 is 5.43. The van der Waals surface area contributed by atoms with Gasteiger partial charge in [0, 0.05) is 23.7 Å². The highest BCUT2D eigenvalue weighted by molar-refractivity contribution is 8.00. The Labute approximate surface area is 185 Å². The van der Waals surface area contributed by atoms with E-state index < -0.39 is 22.4 Å². The van der Waals surface area contributed by atoms with Gasteiger partial charge in [0.1, 0.15) is 24.2 Å². The van der Waals surface area contributed by atoms with Gasteiger partial charge < -0.3 is 20.6 Å². The number of thiazole rings is 1. The third kappa shape index (κ3) is 3.70. The van der Waals surface area contributed by atoms with Crippen molar-refractivity contribution < 1.29 is 24.0 Å². The van der Waals surface area contributed by atoms with Crippen LogP contribution in [0.5, 0.6) is 0 Å². The molecule has 13 heteroatoms. The van der Waals surface area contributed by atoms with E-state index in [0.717, 1.165) is 23.3 Å². The van der Waals surface area contributed by atoms with E-state index in [0.29, 0.717) is 24.7 Å². The van der Waals surface area contributed by atoms with E-state index in [1.165, 1.54) is 23.8 Å². The number of oxime groups is 1. The largest absolute Gasteiger partial charge is 0.398 e. The molecule has 3 aliphatic heterocycles. The number of hydrogen-bond donors (Lipinski definition) is 3. The van der Waals surface area contributed by atoms with E-state index in [-0.39, 0.29) is 28.4 Å². The Kier molecular flexibility index (Phi) is 6.04. The number of carbonyl (C=O) groups excluding carboxylic acids is 3. The lowest BCUT2D eigenvalue weighted by molar-refractivity contribution is -0.146. The third-order valence-electron chi connectivity index (χ3n) is 5.07. The molecule has 3 N–H and O–H groups in total. The molecule has 4 heterocycles. The smallest absolute Gasteiger partial charge is 0.276 e. The maximum atomic E-state index is 12.9. The molecule has 2 unspecified atom stereocenters. The van der Waals surface area contributed by atoms with E-state index in [9.17, 15) is 14.4 Å². The van der Waals surface area contributed by atoms with Crippen LogP contribution < -0.4 is 11.1 Å². The molecule has 0 radical (unpaired) electrons. The van der Waals surface area contributed by atoms with Gasteiger partial charge in [-0.05, 0) is 12.0 Å². The summed E-state index contributed by atoms with van der Waals surface area (Å²) in [6.07, 6.45) is 0.806. The van der Waals surface area contributed by atoms with Crippen molar-refractivity contribution >= 4 is 63.5 Å². The average molecular weight is 470 g/mol. The van der Waals surface area contributed by atoms with Gasteiger partial charge in [-0.15, -0.1) is 23.1 Å². The summed E-state index contributed by atoms with van der Waals surface area (Å²) in [6.45, 7) is 1.16. The van der Waals surface area contributed by atoms with E-state index >= 15 is 0 Å². The van der Waals surface area contributed by atoms with Crippen LogP contribution in [-0.4, -0.2) is 70.0 Å². The number of nitrogen functional groups attached to an aromatic ring is 1. The first-order chi connectivity index (χ1) is 14.4. The lowest BCUT2D eigenvalue weighted by atomic mass is 9.94. The number of amides is 2. The molecule has 2 saturated heterocycles. The van der Waals surface area contributed by atoms with Crippen molar-refractivity contribution in [2.75, 3.05) is 31.8 Å². The number of nitrogens with zero attached hydrogens (tertiary/aromatic N) is 3. The number of ether oxygens (including phenoxy) is 1. The minimum absolute atomic E-state index is 0.0812. The third-order valence-corrected chi connectivity index (χ3v) is 7.26. The van der Waals surface area contributed by atoms with Gasteiger partial charge in [0.25, 0.3) is 11.8 Å². The number of rotatable bonds is 6. The number of anilines is 1. The standard InChI is InChI=1S/C17H19N5O5S3/c1-26-21-10(9-6-30-17(18)19-9)13(23)20-11-14(24)22-12(16(25)28)8(5-29-15(11)22)7-2-3-27-4-7/h6-7,11,15H,2-5H2,1H3,(H2,18,19)(H,20,23)(H,25,28)/b21-10-/t7?,11?,15-/m1/s1. The fraction of sp³-hybridized carbons (Fsp3) is 0.471. The fourth-order valence-corrected chi connectivity index (χ4v) is 5.92. The zero-order chi connectivity index (χ0) is 21.4. The minimum Gasteiger partial charge on any atom is -0.398 e. The summed E-state index contributed by atoms with van der Waals surface area (Å²) in [6, 6.07) is -0.801. The molecule has 0 saturated carbocycles. The lowest BCUT2D eigenvalue weighted by Gasteiger charge is -2.50. The molecule has 30 heavy (non-hydrogen) atoms. The van der Waals surface area contributed by atoms with Crippen LogP contribution in [0, 0.1) is 5.92 Å². The molecular formula is C17H19N5O5S3. The number of nitrogens with two attached hydrogens (primary N) is 1. The predicted molar refractivity (Wildman–Crippen MR) is 115 cm³/mol. The van der Waals surface area contributed by atoms with Crippen LogP contribution in [0.2, 0.25) is 0 Å². The SMILES string of the molecule is CO/N=C(\C(=O)NC1C(=O)N2C(C(=O)S)=C(C3CCOC3)CS[C@H]12)c1csc(N)n1. The van der Waals surface area contributed by atoms with Crippen molar-refractivity contribution in [1.82, 2.24) is 15.2 Å². The number of fused-ring (bicyclic) bond motifs is 1. The fourth-order valence-electron chi connectivity index (χ4n) is 3.67. The van der Waals surface area contributed by atoms with Crippen molar-refractivity contribution in [3.63, 3.8) is 0 Å². The Hall–Kier alpha value is -2.09. The Balaban J connectivity index is 1.53. The quantitative estimate of drug-likeness (QED) is 0.233. The van der Waals surface area contributed by atoms with Crippen LogP contribution in [0.4, 0.5) is 5.13 Å². The molecule has 1 aromatic rings. The van der Waals surface area contributed by atoms with Gasteiger partial charge >= 0.3 is 0 Å².